The molecule has 2 rings (SSSR count). The number of carbonyl (C=O) groups excluding carboxylic acids is 1. The van der Waals surface area contributed by atoms with Crippen molar-refractivity contribution in [2.45, 2.75) is 26.7 Å². The molecule has 0 saturated heterocycles. The number of halogens is 1. The van der Waals surface area contributed by atoms with Crippen LogP contribution >= 0.6 is 15.9 Å². The lowest BCUT2D eigenvalue weighted by atomic mass is 10.0. The number of aryl methyl sites for hydroxylation is 1. The number of nitrogens with one attached hydrogen (secondary N) is 1. The van der Waals surface area contributed by atoms with E-state index in [-0.39, 0.29) is 12.5 Å². The lowest BCUT2D eigenvalue weighted by Gasteiger charge is -2.12. The third-order valence-electron chi connectivity index (χ3n) is 3.66. The molecule has 0 fully saturated rings. The third-order valence-corrected chi connectivity index (χ3v) is 4.28. The van der Waals surface area contributed by atoms with Crippen molar-refractivity contribution in [1.29, 1.82) is 0 Å². The van der Waals surface area contributed by atoms with E-state index >= 15 is 0 Å². The quantitative estimate of drug-likeness (QED) is 0.659. The van der Waals surface area contributed by atoms with Crippen LogP contribution in [0.15, 0.2) is 46.9 Å². The van der Waals surface area contributed by atoms with E-state index in [4.69, 9.17) is 9.47 Å². The predicted molar refractivity (Wildman–Crippen MR) is 103 cm³/mol. The smallest absolute Gasteiger partial charge is 0.258 e. The zero-order valence-electron chi connectivity index (χ0n) is 14.8. The molecule has 0 aliphatic rings. The van der Waals surface area contributed by atoms with Gasteiger partial charge in [-0.05, 0) is 64.2 Å². The molecule has 2 aromatic carbocycles. The minimum Gasteiger partial charge on any atom is -0.492 e. The highest BCUT2D eigenvalue weighted by Gasteiger charge is 2.08. The molecule has 25 heavy (non-hydrogen) atoms. The number of amides is 1. The van der Waals surface area contributed by atoms with Gasteiger partial charge in [-0.2, -0.15) is 0 Å². The van der Waals surface area contributed by atoms with Crippen molar-refractivity contribution in [2.75, 3.05) is 19.8 Å². The Labute approximate surface area is 157 Å². The summed E-state index contributed by atoms with van der Waals surface area (Å²) in [7, 11) is 0. The molecular weight excluding hydrogens is 382 g/mol. The maximum atomic E-state index is 11.9. The zero-order chi connectivity index (χ0) is 18.2. The first-order valence-corrected chi connectivity index (χ1v) is 9.13. The number of ether oxygens (including phenoxy) is 2. The first kappa shape index (κ1) is 19.3. The summed E-state index contributed by atoms with van der Waals surface area (Å²) in [6.07, 6.45) is 0. The van der Waals surface area contributed by atoms with Crippen molar-refractivity contribution in [2.24, 2.45) is 0 Å². The van der Waals surface area contributed by atoms with Crippen LogP contribution in [-0.4, -0.2) is 25.7 Å². The summed E-state index contributed by atoms with van der Waals surface area (Å²) in [6.45, 7) is 7.11. The second-order valence-corrected chi connectivity index (χ2v) is 7.00. The molecule has 4 nitrogen and oxygen atoms in total. The standard InChI is InChI=1S/C20H24BrNO3/c1-14(2)16-7-8-19(18(21)12-16)25-13-20(23)22-9-10-24-17-6-4-5-15(3)11-17/h4-8,11-12,14H,9-10,13H2,1-3H3,(H,22,23). The van der Waals surface area contributed by atoms with Gasteiger partial charge in [-0.15, -0.1) is 0 Å². The Bertz CT molecular complexity index is 716. The van der Waals surface area contributed by atoms with Gasteiger partial charge >= 0.3 is 0 Å². The SMILES string of the molecule is Cc1cccc(OCCNC(=O)COc2ccc(C(C)C)cc2Br)c1. The number of hydrogen-bond acceptors (Lipinski definition) is 3. The highest BCUT2D eigenvalue weighted by molar-refractivity contribution is 9.10. The molecule has 0 heterocycles. The van der Waals surface area contributed by atoms with Gasteiger partial charge in [0.15, 0.2) is 6.61 Å². The highest BCUT2D eigenvalue weighted by Crippen LogP contribution is 2.28. The van der Waals surface area contributed by atoms with Crippen LogP contribution in [0.3, 0.4) is 0 Å². The maximum Gasteiger partial charge on any atom is 0.258 e. The average molecular weight is 406 g/mol. The molecule has 134 valence electrons. The van der Waals surface area contributed by atoms with E-state index in [2.05, 4.69) is 35.1 Å². The van der Waals surface area contributed by atoms with Crippen LogP contribution in [0, 0.1) is 6.92 Å². The van der Waals surface area contributed by atoms with E-state index in [0.29, 0.717) is 24.8 Å². The first-order valence-electron chi connectivity index (χ1n) is 8.34. The Hall–Kier alpha value is -2.01. The van der Waals surface area contributed by atoms with Gasteiger partial charge in [0.1, 0.15) is 18.1 Å². The van der Waals surface area contributed by atoms with Gasteiger partial charge in [0.25, 0.3) is 5.91 Å². The molecule has 0 aromatic heterocycles. The fraction of sp³-hybridized carbons (Fsp3) is 0.350. The summed E-state index contributed by atoms with van der Waals surface area (Å²) < 4.78 is 12.0. The summed E-state index contributed by atoms with van der Waals surface area (Å²) in [6, 6.07) is 13.7. The van der Waals surface area contributed by atoms with Crippen LogP contribution in [0.1, 0.15) is 30.9 Å². The molecule has 0 atom stereocenters. The molecule has 5 heteroatoms. The molecule has 2 aromatic rings. The third kappa shape index (κ3) is 6.42. The van der Waals surface area contributed by atoms with Gasteiger partial charge in [0.05, 0.1) is 11.0 Å². The summed E-state index contributed by atoms with van der Waals surface area (Å²) in [5, 5.41) is 2.78. The van der Waals surface area contributed by atoms with Gasteiger partial charge in [-0.3, -0.25) is 4.79 Å². The van der Waals surface area contributed by atoms with Crippen molar-refractivity contribution < 1.29 is 14.3 Å². The van der Waals surface area contributed by atoms with Crippen molar-refractivity contribution in [3.8, 4) is 11.5 Å². The van der Waals surface area contributed by atoms with E-state index in [1.807, 2.05) is 49.4 Å². The predicted octanol–water partition coefficient (Wildman–Crippen LogP) is 4.45. The van der Waals surface area contributed by atoms with Crippen LogP contribution in [0.5, 0.6) is 11.5 Å². The summed E-state index contributed by atoms with van der Waals surface area (Å²) in [5.41, 5.74) is 2.36. The van der Waals surface area contributed by atoms with Crippen LogP contribution in [0.4, 0.5) is 0 Å². The monoisotopic (exact) mass is 405 g/mol. The van der Waals surface area contributed by atoms with Crippen molar-refractivity contribution >= 4 is 21.8 Å². The molecule has 0 bridgehead atoms. The lowest BCUT2D eigenvalue weighted by Crippen LogP contribution is -2.32. The van der Waals surface area contributed by atoms with Crippen molar-refractivity contribution in [3.63, 3.8) is 0 Å². The number of hydrogen-bond donors (Lipinski definition) is 1. The number of rotatable bonds is 8. The summed E-state index contributed by atoms with van der Waals surface area (Å²) in [5.74, 6) is 1.74. The maximum absolute atomic E-state index is 11.9. The second-order valence-electron chi connectivity index (χ2n) is 6.15. The Morgan fingerprint density at radius 1 is 1.16 bits per heavy atom. The van der Waals surface area contributed by atoms with Crippen molar-refractivity contribution in [3.05, 3.63) is 58.1 Å². The molecular formula is C20H24BrNO3. The zero-order valence-corrected chi connectivity index (χ0v) is 16.4. The summed E-state index contributed by atoms with van der Waals surface area (Å²) >= 11 is 3.48. The van der Waals surface area contributed by atoms with E-state index in [1.54, 1.807) is 0 Å². The van der Waals surface area contributed by atoms with E-state index in [0.717, 1.165) is 15.8 Å². The largest absolute Gasteiger partial charge is 0.492 e. The van der Waals surface area contributed by atoms with E-state index < -0.39 is 0 Å². The van der Waals surface area contributed by atoms with Crippen LogP contribution in [-0.2, 0) is 4.79 Å². The van der Waals surface area contributed by atoms with Gasteiger partial charge in [0, 0.05) is 0 Å². The molecule has 1 amide bonds. The van der Waals surface area contributed by atoms with Crippen molar-refractivity contribution in [1.82, 2.24) is 5.32 Å². The van der Waals surface area contributed by atoms with E-state index in [9.17, 15) is 4.79 Å². The molecule has 0 spiro atoms. The lowest BCUT2D eigenvalue weighted by molar-refractivity contribution is -0.123. The fourth-order valence-electron chi connectivity index (χ4n) is 2.25. The van der Waals surface area contributed by atoms with Gasteiger partial charge in [-0.1, -0.05) is 32.0 Å². The first-order chi connectivity index (χ1) is 12.0. The normalized spacial score (nSPS) is 10.6. The van der Waals surface area contributed by atoms with Crippen LogP contribution in [0.2, 0.25) is 0 Å². The minimum atomic E-state index is -0.173. The Morgan fingerprint density at radius 3 is 2.64 bits per heavy atom. The van der Waals surface area contributed by atoms with E-state index in [1.165, 1.54) is 5.56 Å². The van der Waals surface area contributed by atoms with Crippen LogP contribution in [0.25, 0.3) is 0 Å². The molecule has 0 radical (unpaired) electrons. The molecule has 0 unspecified atom stereocenters. The number of benzene rings is 2. The Morgan fingerprint density at radius 2 is 1.96 bits per heavy atom. The Kier molecular flexibility index (Phi) is 7.31. The highest BCUT2D eigenvalue weighted by atomic mass is 79.9. The second kappa shape index (κ2) is 9.47. The topological polar surface area (TPSA) is 47.6 Å². The molecule has 0 aliphatic carbocycles. The summed E-state index contributed by atoms with van der Waals surface area (Å²) in [4.78, 5) is 11.9. The average Bonchev–Trinajstić information content (AvgIpc) is 2.57. The Balaban J connectivity index is 1.70. The molecule has 1 N–H and O–H groups in total. The molecule has 0 aliphatic heterocycles. The molecule has 0 saturated carbocycles. The fourth-order valence-corrected chi connectivity index (χ4v) is 2.76. The van der Waals surface area contributed by atoms with Gasteiger partial charge < -0.3 is 14.8 Å². The van der Waals surface area contributed by atoms with Crippen LogP contribution < -0.4 is 14.8 Å². The van der Waals surface area contributed by atoms with Gasteiger partial charge in [-0.25, -0.2) is 0 Å². The van der Waals surface area contributed by atoms with Gasteiger partial charge in [0.2, 0.25) is 0 Å². The number of carbonyl (C=O) groups is 1. The minimum absolute atomic E-state index is 0.0237.